The summed E-state index contributed by atoms with van der Waals surface area (Å²) in [5.74, 6) is -0.122. The normalized spacial score (nSPS) is 13.8. The van der Waals surface area contributed by atoms with Gasteiger partial charge in [0.1, 0.15) is 12.6 Å². The standard InChI is InChI=1S/C53H101N3O5/c1-7-11-15-19-21-29-38-52(50(57)58,36-27-17-13-9-3)40-31-23-25-33-42-55(44-35-45-61-47-56-46-48(5)54-49(56)6)43-34-26-24-32-41-53(51(59)60,37-28-18-14-10-4)39-30-22-20-16-12-8-2/h46H,7-45,47H2,1-6H3,(H,57,58)(H,59,60). The maximum absolute atomic E-state index is 12.8. The van der Waals surface area contributed by atoms with Crippen LogP contribution in [0.3, 0.4) is 0 Å². The van der Waals surface area contributed by atoms with Crippen molar-refractivity contribution in [2.24, 2.45) is 10.8 Å². The molecule has 2 N–H and O–H groups in total. The molecule has 0 spiro atoms. The summed E-state index contributed by atoms with van der Waals surface area (Å²) >= 11 is 0. The molecule has 0 aromatic carbocycles. The molecule has 0 aliphatic heterocycles. The number of aliphatic carboxylic acids is 2. The van der Waals surface area contributed by atoms with E-state index in [9.17, 15) is 19.8 Å². The molecule has 358 valence electrons. The zero-order valence-corrected chi connectivity index (χ0v) is 41.3. The first-order chi connectivity index (χ1) is 29.6. The molecule has 0 aliphatic carbocycles. The van der Waals surface area contributed by atoms with Crippen molar-refractivity contribution in [2.75, 3.05) is 26.2 Å². The molecule has 2 unspecified atom stereocenters. The van der Waals surface area contributed by atoms with Gasteiger partial charge in [-0.1, -0.05) is 195 Å². The molecule has 61 heavy (non-hydrogen) atoms. The van der Waals surface area contributed by atoms with E-state index in [2.05, 4.69) is 42.1 Å². The summed E-state index contributed by atoms with van der Waals surface area (Å²) in [7, 11) is 0. The van der Waals surface area contributed by atoms with E-state index in [0.717, 1.165) is 185 Å². The second-order valence-electron chi connectivity index (χ2n) is 19.3. The molecule has 0 radical (unpaired) electrons. The van der Waals surface area contributed by atoms with E-state index in [1.807, 2.05) is 20.0 Å². The van der Waals surface area contributed by atoms with Gasteiger partial charge in [0.05, 0.1) is 23.1 Å². The maximum atomic E-state index is 12.8. The molecule has 0 saturated carbocycles. The Bertz CT molecular complexity index is 1130. The summed E-state index contributed by atoms with van der Waals surface area (Å²) in [6, 6.07) is 0. The molecule has 1 rings (SSSR count). The van der Waals surface area contributed by atoms with Crippen LogP contribution in [0.15, 0.2) is 6.20 Å². The highest BCUT2D eigenvalue weighted by Crippen LogP contribution is 2.39. The summed E-state index contributed by atoms with van der Waals surface area (Å²) in [5.41, 5.74) is -0.0817. The summed E-state index contributed by atoms with van der Waals surface area (Å²) in [6.07, 6.45) is 40.4. The minimum Gasteiger partial charge on any atom is -0.481 e. The van der Waals surface area contributed by atoms with Gasteiger partial charge in [-0.25, -0.2) is 4.98 Å². The number of carbonyl (C=O) groups is 2. The molecule has 0 fully saturated rings. The van der Waals surface area contributed by atoms with Gasteiger partial charge in [-0.15, -0.1) is 0 Å². The molecule has 2 atom stereocenters. The highest BCUT2D eigenvalue weighted by molar-refractivity contribution is 5.75. The smallest absolute Gasteiger partial charge is 0.309 e. The molecular formula is C53H101N3O5. The Hall–Kier alpha value is -1.93. The second-order valence-corrected chi connectivity index (χ2v) is 19.3. The first kappa shape index (κ1) is 57.1. The summed E-state index contributed by atoms with van der Waals surface area (Å²) in [5, 5.41) is 21.1. The summed E-state index contributed by atoms with van der Waals surface area (Å²) in [6.45, 7) is 17.4. The Morgan fingerprint density at radius 3 is 1.15 bits per heavy atom. The average Bonchev–Trinajstić information content (AvgIpc) is 3.57. The van der Waals surface area contributed by atoms with Crippen molar-refractivity contribution in [3.63, 3.8) is 0 Å². The van der Waals surface area contributed by atoms with Gasteiger partial charge < -0.3 is 24.4 Å². The Labute approximate surface area is 377 Å². The number of unbranched alkanes of at least 4 members (excludes halogenated alkanes) is 22. The number of imidazole rings is 1. The number of carboxylic acid groups (broad SMARTS) is 2. The molecule has 8 nitrogen and oxygen atoms in total. The van der Waals surface area contributed by atoms with Crippen LogP contribution in [0.5, 0.6) is 0 Å². The fourth-order valence-corrected chi connectivity index (χ4v) is 9.65. The SMILES string of the molecule is CCCCCCCCC(CCCCCC)(CCCCCCN(CCCCCCC(CCCCCC)(CCCCCCCC)C(=O)O)CCCOCn1cc(C)nc1C)C(=O)O. The van der Waals surface area contributed by atoms with Gasteiger partial charge in [-0.3, -0.25) is 9.59 Å². The molecule has 1 aromatic rings. The lowest BCUT2D eigenvalue weighted by molar-refractivity contribution is -0.151. The average molecular weight is 860 g/mol. The molecule has 8 heteroatoms. The molecule has 1 heterocycles. The minimum atomic E-state index is -0.553. The summed E-state index contributed by atoms with van der Waals surface area (Å²) < 4.78 is 8.14. The monoisotopic (exact) mass is 860 g/mol. The van der Waals surface area contributed by atoms with Crippen LogP contribution in [-0.2, 0) is 21.1 Å². The van der Waals surface area contributed by atoms with Crippen molar-refractivity contribution in [3.05, 3.63) is 17.7 Å². The number of aryl methyl sites for hydroxylation is 2. The van der Waals surface area contributed by atoms with Gasteiger partial charge in [0.25, 0.3) is 0 Å². The van der Waals surface area contributed by atoms with Crippen molar-refractivity contribution in [1.29, 1.82) is 0 Å². The lowest BCUT2D eigenvalue weighted by Gasteiger charge is -2.30. The van der Waals surface area contributed by atoms with E-state index in [1.165, 1.54) is 77.0 Å². The van der Waals surface area contributed by atoms with Crippen molar-refractivity contribution in [1.82, 2.24) is 14.5 Å². The fraction of sp³-hybridized carbons (Fsp3) is 0.906. The molecular weight excluding hydrogens is 759 g/mol. The number of rotatable bonds is 46. The van der Waals surface area contributed by atoms with Gasteiger partial charge in [-0.05, 0) is 84.7 Å². The number of aromatic nitrogens is 2. The molecule has 0 aliphatic rings. The Kier molecular flexibility index (Phi) is 35.0. The maximum Gasteiger partial charge on any atom is 0.309 e. The van der Waals surface area contributed by atoms with Crippen LogP contribution in [0.25, 0.3) is 0 Å². The zero-order chi connectivity index (χ0) is 44.9. The van der Waals surface area contributed by atoms with E-state index in [-0.39, 0.29) is 0 Å². The van der Waals surface area contributed by atoms with Gasteiger partial charge in [0.2, 0.25) is 0 Å². The third kappa shape index (κ3) is 27.1. The first-order valence-corrected chi connectivity index (χ1v) is 26.4. The Morgan fingerprint density at radius 1 is 0.508 bits per heavy atom. The van der Waals surface area contributed by atoms with Crippen LogP contribution in [0.1, 0.15) is 264 Å². The molecule has 0 bridgehead atoms. The van der Waals surface area contributed by atoms with E-state index in [4.69, 9.17) is 4.74 Å². The highest BCUT2D eigenvalue weighted by Gasteiger charge is 2.37. The predicted octanol–water partition coefficient (Wildman–Crippen LogP) is 15.7. The number of hydrogen-bond donors (Lipinski definition) is 2. The quantitative estimate of drug-likeness (QED) is 0.0629. The van der Waals surface area contributed by atoms with Gasteiger partial charge in [0, 0.05) is 12.7 Å². The number of carboxylic acids is 2. The first-order valence-electron chi connectivity index (χ1n) is 26.4. The molecule has 0 amide bonds. The molecule has 1 aromatic heterocycles. The van der Waals surface area contributed by atoms with Crippen molar-refractivity contribution < 1.29 is 24.5 Å². The lowest BCUT2D eigenvalue weighted by Crippen LogP contribution is -2.31. The third-order valence-corrected chi connectivity index (χ3v) is 13.8. The number of ether oxygens (including phenoxy) is 1. The van der Waals surface area contributed by atoms with Gasteiger partial charge in [0.15, 0.2) is 0 Å². The zero-order valence-electron chi connectivity index (χ0n) is 41.3. The minimum absolute atomic E-state index is 0.539. The van der Waals surface area contributed by atoms with Crippen LogP contribution in [0.4, 0.5) is 0 Å². The van der Waals surface area contributed by atoms with E-state index in [0.29, 0.717) is 6.73 Å². The largest absolute Gasteiger partial charge is 0.481 e. The topological polar surface area (TPSA) is 105 Å². The van der Waals surface area contributed by atoms with Crippen LogP contribution in [-0.4, -0.2) is 62.8 Å². The Balaban J connectivity index is 2.74. The molecule has 0 saturated heterocycles. The number of hydrogen-bond acceptors (Lipinski definition) is 5. The van der Waals surface area contributed by atoms with E-state index >= 15 is 0 Å². The van der Waals surface area contributed by atoms with Crippen LogP contribution in [0, 0.1) is 24.7 Å². The van der Waals surface area contributed by atoms with Gasteiger partial charge >= 0.3 is 11.9 Å². The lowest BCUT2D eigenvalue weighted by atomic mass is 9.74. The fourth-order valence-electron chi connectivity index (χ4n) is 9.65. The van der Waals surface area contributed by atoms with Crippen molar-refractivity contribution in [2.45, 2.75) is 273 Å². The van der Waals surface area contributed by atoms with Crippen LogP contribution in [0.2, 0.25) is 0 Å². The van der Waals surface area contributed by atoms with Crippen LogP contribution >= 0.6 is 0 Å². The van der Waals surface area contributed by atoms with Crippen molar-refractivity contribution >= 4 is 11.9 Å². The number of nitrogens with zero attached hydrogens (tertiary/aromatic N) is 3. The van der Waals surface area contributed by atoms with E-state index < -0.39 is 22.8 Å². The second kappa shape index (κ2) is 37.4. The third-order valence-electron chi connectivity index (χ3n) is 13.8. The van der Waals surface area contributed by atoms with Crippen LogP contribution < -0.4 is 0 Å². The van der Waals surface area contributed by atoms with Crippen molar-refractivity contribution in [3.8, 4) is 0 Å². The predicted molar refractivity (Wildman–Crippen MR) is 259 cm³/mol. The van der Waals surface area contributed by atoms with Gasteiger partial charge in [-0.2, -0.15) is 0 Å². The van der Waals surface area contributed by atoms with E-state index in [1.54, 1.807) is 0 Å². The highest BCUT2D eigenvalue weighted by atomic mass is 16.5. The Morgan fingerprint density at radius 2 is 0.820 bits per heavy atom. The summed E-state index contributed by atoms with van der Waals surface area (Å²) in [4.78, 5) is 32.8.